The molecule has 3 rings (SSSR count). The molecule has 0 radical (unpaired) electrons. The Morgan fingerprint density at radius 1 is 0.889 bits per heavy atom. The molecule has 27 heavy (non-hydrogen) atoms. The highest BCUT2D eigenvalue weighted by Crippen LogP contribution is 2.14. The number of rotatable bonds is 6. The summed E-state index contributed by atoms with van der Waals surface area (Å²) in [7, 11) is 0. The molecule has 0 heterocycles. The Morgan fingerprint density at radius 3 is 2.11 bits per heavy atom. The van der Waals surface area contributed by atoms with E-state index in [1.54, 1.807) is 30.5 Å². The summed E-state index contributed by atoms with van der Waals surface area (Å²) in [6.07, 6.45) is 1.62. The maximum atomic E-state index is 12.1. The molecule has 4 heteroatoms. The van der Waals surface area contributed by atoms with Crippen molar-refractivity contribution >= 4 is 12.1 Å². The Bertz CT molecular complexity index is 912. The second-order valence-electron chi connectivity index (χ2n) is 6.41. The fraction of sp³-hybridized carbons (Fsp3) is 0.130. The van der Waals surface area contributed by atoms with E-state index in [1.165, 1.54) is 11.1 Å². The van der Waals surface area contributed by atoms with Crippen LogP contribution in [-0.4, -0.2) is 12.1 Å². The number of carbonyl (C=O) groups is 1. The number of hydrazone groups is 1. The Labute approximate surface area is 159 Å². The number of nitrogens with one attached hydrogen (secondary N) is 1. The molecule has 0 aliphatic rings. The molecule has 0 bridgehead atoms. The van der Waals surface area contributed by atoms with E-state index in [9.17, 15) is 4.79 Å². The summed E-state index contributed by atoms with van der Waals surface area (Å²) in [5.41, 5.74) is 7.50. The zero-order chi connectivity index (χ0) is 19.1. The number of hydrogen-bond donors (Lipinski definition) is 1. The van der Waals surface area contributed by atoms with Crippen molar-refractivity contribution in [3.05, 3.63) is 101 Å². The number of amides is 1. The van der Waals surface area contributed by atoms with Crippen molar-refractivity contribution < 1.29 is 9.53 Å². The molecule has 0 saturated heterocycles. The predicted molar refractivity (Wildman–Crippen MR) is 108 cm³/mol. The van der Waals surface area contributed by atoms with Crippen molar-refractivity contribution in [2.24, 2.45) is 5.10 Å². The van der Waals surface area contributed by atoms with Crippen LogP contribution in [0.25, 0.3) is 0 Å². The van der Waals surface area contributed by atoms with Gasteiger partial charge in [0.15, 0.2) is 0 Å². The molecule has 0 saturated carbocycles. The maximum absolute atomic E-state index is 12.1. The molecule has 0 aliphatic carbocycles. The standard InChI is InChI=1S/C23H22N2O2/c1-17-3-7-19(8-4-17)15-24-25-23(26)21-11-13-22(14-12-21)27-16-20-9-5-18(2)6-10-20/h3-15H,16H2,1-2H3,(H,25,26). The third kappa shape index (κ3) is 5.54. The summed E-state index contributed by atoms with van der Waals surface area (Å²) in [6, 6.07) is 23.1. The SMILES string of the molecule is Cc1ccc(C=NNC(=O)c2ccc(OCc3ccc(C)cc3)cc2)cc1. The van der Waals surface area contributed by atoms with Crippen LogP contribution in [0.5, 0.6) is 5.75 Å². The van der Waals surface area contributed by atoms with Gasteiger partial charge in [0, 0.05) is 5.56 Å². The van der Waals surface area contributed by atoms with Gasteiger partial charge in [-0.2, -0.15) is 5.10 Å². The minimum atomic E-state index is -0.261. The average molecular weight is 358 g/mol. The number of aryl methyl sites for hydroxylation is 2. The minimum Gasteiger partial charge on any atom is -0.489 e. The zero-order valence-electron chi connectivity index (χ0n) is 15.5. The van der Waals surface area contributed by atoms with Gasteiger partial charge in [0.25, 0.3) is 5.91 Å². The van der Waals surface area contributed by atoms with Crippen LogP contribution in [0.3, 0.4) is 0 Å². The number of ether oxygens (including phenoxy) is 1. The van der Waals surface area contributed by atoms with Crippen molar-refractivity contribution in [3.8, 4) is 5.75 Å². The van der Waals surface area contributed by atoms with Crippen LogP contribution in [0.1, 0.15) is 32.6 Å². The van der Waals surface area contributed by atoms with Crippen LogP contribution in [0.4, 0.5) is 0 Å². The summed E-state index contributed by atoms with van der Waals surface area (Å²) in [4.78, 5) is 12.1. The number of hydrogen-bond acceptors (Lipinski definition) is 3. The molecule has 3 aromatic rings. The predicted octanol–water partition coefficient (Wildman–Crippen LogP) is 4.65. The van der Waals surface area contributed by atoms with Crippen molar-refractivity contribution in [1.82, 2.24) is 5.43 Å². The molecule has 0 unspecified atom stereocenters. The highest BCUT2D eigenvalue weighted by Gasteiger charge is 2.04. The van der Waals surface area contributed by atoms with E-state index in [4.69, 9.17) is 4.74 Å². The van der Waals surface area contributed by atoms with Crippen LogP contribution in [0, 0.1) is 13.8 Å². The minimum absolute atomic E-state index is 0.261. The zero-order valence-corrected chi connectivity index (χ0v) is 15.5. The molecule has 4 nitrogen and oxygen atoms in total. The van der Waals surface area contributed by atoms with Gasteiger partial charge in [0.05, 0.1) is 6.21 Å². The van der Waals surface area contributed by atoms with Gasteiger partial charge in [-0.25, -0.2) is 5.43 Å². The van der Waals surface area contributed by atoms with Gasteiger partial charge >= 0.3 is 0 Å². The molecule has 0 aromatic heterocycles. The first-order valence-corrected chi connectivity index (χ1v) is 8.79. The van der Waals surface area contributed by atoms with Gasteiger partial charge < -0.3 is 4.74 Å². The highest BCUT2D eigenvalue weighted by molar-refractivity contribution is 5.95. The molecule has 1 N–H and O–H groups in total. The van der Waals surface area contributed by atoms with Crippen LogP contribution in [-0.2, 0) is 6.61 Å². The van der Waals surface area contributed by atoms with E-state index in [0.29, 0.717) is 12.2 Å². The van der Waals surface area contributed by atoms with E-state index >= 15 is 0 Å². The molecule has 0 spiro atoms. The molecule has 0 fully saturated rings. The number of benzene rings is 3. The Kier molecular flexibility index (Phi) is 6.00. The molecule has 1 amide bonds. The Balaban J connectivity index is 1.52. The molecule has 136 valence electrons. The van der Waals surface area contributed by atoms with Crippen LogP contribution < -0.4 is 10.2 Å². The topological polar surface area (TPSA) is 50.7 Å². The van der Waals surface area contributed by atoms with E-state index in [1.807, 2.05) is 43.3 Å². The average Bonchev–Trinajstić information content (AvgIpc) is 2.69. The summed E-state index contributed by atoms with van der Waals surface area (Å²) < 4.78 is 5.75. The second-order valence-corrected chi connectivity index (χ2v) is 6.41. The monoisotopic (exact) mass is 358 g/mol. The van der Waals surface area contributed by atoms with Gasteiger partial charge in [-0.1, -0.05) is 59.7 Å². The Morgan fingerprint density at radius 2 is 1.48 bits per heavy atom. The second kappa shape index (κ2) is 8.81. The summed E-state index contributed by atoms with van der Waals surface area (Å²) in [5.74, 6) is 0.457. The van der Waals surface area contributed by atoms with Crippen LogP contribution in [0.2, 0.25) is 0 Å². The lowest BCUT2D eigenvalue weighted by Crippen LogP contribution is -2.17. The van der Waals surface area contributed by atoms with Crippen molar-refractivity contribution in [2.45, 2.75) is 20.5 Å². The van der Waals surface area contributed by atoms with E-state index in [2.05, 4.69) is 29.6 Å². The molecular formula is C23H22N2O2. The third-order valence-electron chi connectivity index (χ3n) is 4.10. The van der Waals surface area contributed by atoms with Gasteiger partial charge in [-0.05, 0) is 49.2 Å². The highest BCUT2D eigenvalue weighted by atomic mass is 16.5. The number of carbonyl (C=O) groups excluding carboxylic acids is 1. The van der Waals surface area contributed by atoms with Crippen LogP contribution >= 0.6 is 0 Å². The molecule has 3 aromatic carbocycles. The van der Waals surface area contributed by atoms with Gasteiger partial charge in [0.1, 0.15) is 12.4 Å². The van der Waals surface area contributed by atoms with Crippen molar-refractivity contribution in [2.75, 3.05) is 0 Å². The van der Waals surface area contributed by atoms with Crippen molar-refractivity contribution in [1.29, 1.82) is 0 Å². The molecule has 0 atom stereocenters. The third-order valence-corrected chi connectivity index (χ3v) is 4.10. The van der Waals surface area contributed by atoms with Gasteiger partial charge in [-0.3, -0.25) is 4.79 Å². The summed E-state index contributed by atoms with van der Waals surface area (Å²) >= 11 is 0. The van der Waals surface area contributed by atoms with E-state index < -0.39 is 0 Å². The molecule has 0 aliphatic heterocycles. The first kappa shape index (κ1) is 18.4. The lowest BCUT2D eigenvalue weighted by molar-refractivity contribution is 0.0955. The first-order chi connectivity index (χ1) is 13.1. The summed E-state index contributed by atoms with van der Waals surface area (Å²) in [6.45, 7) is 4.57. The van der Waals surface area contributed by atoms with Gasteiger partial charge in [0.2, 0.25) is 0 Å². The smallest absolute Gasteiger partial charge is 0.271 e. The Hall–Kier alpha value is -3.40. The first-order valence-electron chi connectivity index (χ1n) is 8.79. The maximum Gasteiger partial charge on any atom is 0.271 e. The number of nitrogens with zero attached hydrogens (tertiary/aromatic N) is 1. The van der Waals surface area contributed by atoms with Crippen LogP contribution in [0.15, 0.2) is 77.9 Å². The lowest BCUT2D eigenvalue weighted by atomic mass is 10.2. The van der Waals surface area contributed by atoms with E-state index in [-0.39, 0.29) is 5.91 Å². The van der Waals surface area contributed by atoms with Gasteiger partial charge in [-0.15, -0.1) is 0 Å². The largest absolute Gasteiger partial charge is 0.489 e. The quantitative estimate of drug-likeness (QED) is 0.515. The van der Waals surface area contributed by atoms with Crippen molar-refractivity contribution in [3.63, 3.8) is 0 Å². The molecular weight excluding hydrogens is 336 g/mol. The fourth-order valence-corrected chi connectivity index (χ4v) is 2.44. The lowest BCUT2D eigenvalue weighted by Gasteiger charge is -2.07. The van der Waals surface area contributed by atoms with E-state index in [0.717, 1.165) is 16.9 Å². The summed E-state index contributed by atoms with van der Waals surface area (Å²) in [5, 5.41) is 4.00. The normalized spacial score (nSPS) is 10.7. The fourth-order valence-electron chi connectivity index (χ4n) is 2.44.